The van der Waals surface area contributed by atoms with E-state index in [1.165, 1.54) is 7.11 Å². The number of rotatable bonds is 4. The first kappa shape index (κ1) is 36.8. The Balaban J connectivity index is -0.0000000452. The van der Waals surface area contributed by atoms with Crippen LogP contribution < -0.4 is 0 Å². The van der Waals surface area contributed by atoms with Crippen LogP contribution in [-0.2, 0) is 14.3 Å². The number of carboxylic acid groups (broad SMARTS) is 1. The van der Waals surface area contributed by atoms with Crippen molar-refractivity contribution in [3.8, 4) is 0 Å². The molecule has 0 radical (unpaired) electrons. The molecular weight excluding hydrogens is 268 g/mol. The molecule has 0 aliphatic carbocycles. The van der Waals surface area contributed by atoms with Crippen LogP contribution in [-0.4, -0.2) is 24.2 Å². The van der Waals surface area contributed by atoms with Gasteiger partial charge in [-0.1, -0.05) is 43.6 Å². The Morgan fingerprint density at radius 3 is 1.19 bits per heavy atom. The highest BCUT2D eigenvalue weighted by Gasteiger charge is 2.25. The number of aliphatic carboxylic acids is 1. The van der Waals surface area contributed by atoms with Gasteiger partial charge in [0.15, 0.2) is 0 Å². The maximum Gasteiger partial charge on any atom is 0.311 e. The maximum atomic E-state index is 10.8. The Morgan fingerprint density at radius 1 is 0.857 bits per heavy atom. The summed E-state index contributed by atoms with van der Waals surface area (Å²) in [6.45, 7) is 11.0. The number of carbonyl (C=O) groups excluding carboxylic acids is 1. The zero-order chi connectivity index (χ0) is 14.3. The van der Waals surface area contributed by atoms with E-state index in [-0.39, 0.29) is 41.1 Å². The lowest BCUT2D eigenvalue weighted by molar-refractivity contribution is -0.151. The molecule has 0 heterocycles. The number of ether oxygens (including phenoxy) is 1. The van der Waals surface area contributed by atoms with E-state index in [1.54, 1.807) is 13.8 Å². The second-order valence-electron chi connectivity index (χ2n) is 5.27. The van der Waals surface area contributed by atoms with Gasteiger partial charge in [-0.3, -0.25) is 9.59 Å². The van der Waals surface area contributed by atoms with Crippen LogP contribution in [0.15, 0.2) is 0 Å². The van der Waals surface area contributed by atoms with Gasteiger partial charge in [-0.2, -0.15) is 0 Å². The highest BCUT2D eigenvalue weighted by molar-refractivity contribution is 5.75. The minimum absolute atomic E-state index is 0. The number of hydrogen-bond donors (Lipinski definition) is 1. The van der Waals surface area contributed by atoms with E-state index in [2.05, 4.69) is 4.74 Å². The van der Waals surface area contributed by atoms with Gasteiger partial charge in [-0.05, 0) is 40.5 Å². The standard InChI is InChI=1S/C7H14O2.C6H12O2.4CH4/c1-5-7(2,3)6(8)9-4;1-4-6(2,3)5(7)8;;;;/h5H2,1-4H3;4H2,1-3H3,(H,7,8);4*1H4. The lowest BCUT2D eigenvalue weighted by Crippen LogP contribution is -2.24. The SMILES string of the molecule is C.C.C.C.CCC(C)(C)C(=O)O.CCC(C)(C)C(=O)OC. The minimum Gasteiger partial charge on any atom is -0.481 e. The highest BCUT2D eigenvalue weighted by Crippen LogP contribution is 2.20. The molecule has 0 fully saturated rings. The van der Waals surface area contributed by atoms with Gasteiger partial charge in [0.1, 0.15) is 0 Å². The van der Waals surface area contributed by atoms with Crippen LogP contribution in [0.3, 0.4) is 0 Å². The van der Waals surface area contributed by atoms with Gasteiger partial charge in [0, 0.05) is 0 Å². The molecule has 1 N–H and O–H groups in total. The van der Waals surface area contributed by atoms with Crippen molar-refractivity contribution in [2.24, 2.45) is 10.8 Å². The first-order valence-electron chi connectivity index (χ1n) is 5.87. The minimum atomic E-state index is -0.722. The average molecular weight is 311 g/mol. The van der Waals surface area contributed by atoms with Crippen molar-refractivity contribution in [1.29, 1.82) is 0 Å². The molecule has 0 saturated carbocycles. The molecular formula is C17H42O4. The average Bonchev–Trinajstić information content (AvgIpc) is 2.28. The first-order valence-corrected chi connectivity index (χ1v) is 5.87. The fourth-order valence-corrected chi connectivity index (χ4v) is 0.572. The molecule has 4 nitrogen and oxygen atoms in total. The molecule has 21 heavy (non-hydrogen) atoms. The van der Waals surface area contributed by atoms with Crippen LogP contribution in [0.25, 0.3) is 0 Å². The van der Waals surface area contributed by atoms with E-state index < -0.39 is 11.4 Å². The van der Waals surface area contributed by atoms with Gasteiger partial charge in [0.05, 0.1) is 17.9 Å². The third kappa shape index (κ3) is 15.2. The number of carbonyl (C=O) groups is 2. The molecule has 134 valence electrons. The lowest BCUT2D eigenvalue weighted by atomic mass is 9.91. The van der Waals surface area contributed by atoms with Crippen LogP contribution in [0.4, 0.5) is 0 Å². The van der Waals surface area contributed by atoms with Crippen molar-refractivity contribution in [3.63, 3.8) is 0 Å². The smallest absolute Gasteiger partial charge is 0.311 e. The van der Waals surface area contributed by atoms with Crippen molar-refractivity contribution in [2.75, 3.05) is 7.11 Å². The normalized spacial score (nSPS) is 9.10. The largest absolute Gasteiger partial charge is 0.481 e. The van der Waals surface area contributed by atoms with E-state index in [9.17, 15) is 9.59 Å². The zero-order valence-corrected chi connectivity index (χ0v) is 12.1. The lowest BCUT2D eigenvalue weighted by Gasteiger charge is -2.17. The third-order valence-corrected chi connectivity index (χ3v) is 3.08. The summed E-state index contributed by atoms with van der Waals surface area (Å²) in [7, 11) is 1.42. The fraction of sp³-hybridized carbons (Fsp3) is 0.882. The van der Waals surface area contributed by atoms with Crippen molar-refractivity contribution in [3.05, 3.63) is 0 Å². The molecule has 0 spiro atoms. The quantitative estimate of drug-likeness (QED) is 0.682. The summed E-state index contributed by atoms with van der Waals surface area (Å²) in [6.07, 6.45) is 1.50. The first-order chi connectivity index (χ1) is 7.55. The molecule has 4 heteroatoms. The second-order valence-corrected chi connectivity index (χ2v) is 5.27. The van der Waals surface area contributed by atoms with E-state index in [1.807, 2.05) is 27.7 Å². The van der Waals surface area contributed by atoms with Crippen LogP contribution in [0, 0.1) is 10.8 Å². The van der Waals surface area contributed by atoms with Crippen LogP contribution in [0.1, 0.15) is 84.1 Å². The van der Waals surface area contributed by atoms with Crippen LogP contribution in [0.5, 0.6) is 0 Å². The summed E-state index contributed by atoms with van der Waals surface area (Å²) in [5, 5.41) is 8.44. The Morgan fingerprint density at radius 2 is 1.14 bits per heavy atom. The Labute approximate surface area is 134 Å². The van der Waals surface area contributed by atoms with Gasteiger partial charge < -0.3 is 9.84 Å². The summed E-state index contributed by atoms with van der Waals surface area (Å²) in [5.74, 6) is -0.856. The molecule has 0 atom stereocenters. The maximum absolute atomic E-state index is 10.8. The Hall–Kier alpha value is -1.06. The number of carboxylic acids is 1. The van der Waals surface area contributed by atoms with Crippen molar-refractivity contribution >= 4 is 11.9 Å². The number of methoxy groups -OCH3 is 1. The molecule has 0 amide bonds. The van der Waals surface area contributed by atoms with Crippen LogP contribution >= 0.6 is 0 Å². The summed E-state index contributed by atoms with van der Waals surface area (Å²) in [5.41, 5.74) is -0.852. The van der Waals surface area contributed by atoms with Gasteiger partial charge in [-0.15, -0.1) is 0 Å². The van der Waals surface area contributed by atoms with Crippen LogP contribution in [0.2, 0.25) is 0 Å². The van der Waals surface area contributed by atoms with Crippen molar-refractivity contribution in [1.82, 2.24) is 0 Å². The van der Waals surface area contributed by atoms with Gasteiger partial charge in [0.25, 0.3) is 0 Å². The summed E-state index contributed by atoms with van der Waals surface area (Å²) in [6, 6.07) is 0. The fourth-order valence-electron chi connectivity index (χ4n) is 0.572. The van der Waals surface area contributed by atoms with Gasteiger partial charge >= 0.3 is 11.9 Å². The van der Waals surface area contributed by atoms with Gasteiger partial charge in [0.2, 0.25) is 0 Å². The molecule has 0 aromatic heterocycles. The van der Waals surface area contributed by atoms with E-state index in [4.69, 9.17) is 5.11 Å². The monoisotopic (exact) mass is 310 g/mol. The molecule has 0 bridgehead atoms. The zero-order valence-electron chi connectivity index (χ0n) is 12.1. The number of esters is 1. The Bertz CT molecular complexity index is 256. The topological polar surface area (TPSA) is 63.6 Å². The predicted molar refractivity (Wildman–Crippen MR) is 94.7 cm³/mol. The summed E-state index contributed by atoms with van der Waals surface area (Å²) >= 11 is 0. The predicted octanol–water partition coefficient (Wildman–Crippen LogP) is 5.65. The third-order valence-electron chi connectivity index (χ3n) is 3.08. The molecule has 0 aromatic carbocycles. The van der Waals surface area contributed by atoms with E-state index in [0.717, 1.165) is 6.42 Å². The Kier molecular flexibility index (Phi) is 26.9. The van der Waals surface area contributed by atoms with E-state index >= 15 is 0 Å². The van der Waals surface area contributed by atoms with E-state index in [0.29, 0.717) is 6.42 Å². The molecule has 0 saturated heterocycles. The molecule has 0 aliphatic heterocycles. The second kappa shape index (κ2) is 15.3. The number of hydrogen-bond acceptors (Lipinski definition) is 3. The molecule has 0 aromatic rings. The highest BCUT2D eigenvalue weighted by atomic mass is 16.5. The molecule has 0 aliphatic rings. The summed E-state index contributed by atoms with van der Waals surface area (Å²) < 4.78 is 4.57. The van der Waals surface area contributed by atoms with Crippen molar-refractivity contribution < 1.29 is 19.4 Å². The van der Waals surface area contributed by atoms with Gasteiger partial charge in [-0.25, -0.2) is 0 Å². The summed E-state index contributed by atoms with van der Waals surface area (Å²) in [4.78, 5) is 21.1. The van der Waals surface area contributed by atoms with Crippen molar-refractivity contribution in [2.45, 2.75) is 84.1 Å². The molecule has 0 unspecified atom stereocenters. The molecule has 0 rings (SSSR count).